The van der Waals surface area contributed by atoms with Gasteiger partial charge in [-0.25, -0.2) is 9.97 Å². The highest BCUT2D eigenvalue weighted by Crippen LogP contribution is 2.60. The predicted octanol–water partition coefficient (Wildman–Crippen LogP) is 2.48. The van der Waals surface area contributed by atoms with Crippen LogP contribution in [0.25, 0.3) is 11.5 Å². The van der Waals surface area contributed by atoms with Crippen LogP contribution in [0, 0.1) is 12.8 Å². The smallest absolute Gasteiger partial charge is 0.161 e. The molecule has 0 radical (unpaired) electrons. The molecule has 4 heteroatoms. The lowest BCUT2D eigenvalue weighted by Crippen LogP contribution is -2.20. The monoisotopic (exact) mass is 228 g/mol. The van der Waals surface area contributed by atoms with Gasteiger partial charge in [0.05, 0.1) is 6.33 Å². The van der Waals surface area contributed by atoms with Crippen LogP contribution < -0.4 is 0 Å². The average Bonchev–Trinajstić information content (AvgIpc) is 3.22. The van der Waals surface area contributed by atoms with Crippen molar-refractivity contribution in [3.8, 4) is 11.5 Å². The molecule has 2 aromatic heterocycles. The van der Waals surface area contributed by atoms with Crippen LogP contribution >= 0.6 is 0 Å². The summed E-state index contributed by atoms with van der Waals surface area (Å²) in [5, 5.41) is 0. The van der Waals surface area contributed by atoms with Crippen LogP contribution in [0.15, 0.2) is 18.7 Å². The van der Waals surface area contributed by atoms with Crippen molar-refractivity contribution in [1.82, 2.24) is 19.5 Å². The Balaban J connectivity index is 1.83. The van der Waals surface area contributed by atoms with Gasteiger partial charge in [-0.1, -0.05) is 0 Å². The van der Waals surface area contributed by atoms with Crippen molar-refractivity contribution >= 4 is 0 Å². The number of nitrogens with zero attached hydrogens (tertiary/aromatic N) is 3. The zero-order valence-corrected chi connectivity index (χ0v) is 9.98. The molecule has 4 nitrogen and oxygen atoms in total. The normalized spacial score (nSPS) is 21.7. The van der Waals surface area contributed by atoms with E-state index in [0.717, 1.165) is 23.1 Å². The van der Waals surface area contributed by atoms with Crippen molar-refractivity contribution in [2.24, 2.45) is 5.92 Å². The maximum Gasteiger partial charge on any atom is 0.161 e. The number of H-pyrrole nitrogens is 1. The zero-order chi connectivity index (χ0) is 11.5. The number of imidazole rings is 2. The van der Waals surface area contributed by atoms with Crippen molar-refractivity contribution in [3.05, 3.63) is 24.4 Å². The minimum absolute atomic E-state index is 0.386. The molecule has 0 unspecified atom stereocenters. The van der Waals surface area contributed by atoms with E-state index in [0.29, 0.717) is 5.54 Å². The van der Waals surface area contributed by atoms with E-state index in [2.05, 4.69) is 32.6 Å². The average molecular weight is 228 g/mol. The molecule has 0 bridgehead atoms. The molecule has 17 heavy (non-hydrogen) atoms. The molecule has 2 saturated carbocycles. The van der Waals surface area contributed by atoms with Crippen molar-refractivity contribution in [3.63, 3.8) is 0 Å². The lowest BCUT2D eigenvalue weighted by atomic mass is 10.1. The van der Waals surface area contributed by atoms with E-state index in [1.165, 1.54) is 25.7 Å². The molecule has 0 atom stereocenters. The maximum absolute atomic E-state index is 4.52. The second-order valence-electron chi connectivity index (χ2n) is 5.37. The van der Waals surface area contributed by atoms with Crippen molar-refractivity contribution in [1.29, 1.82) is 0 Å². The number of aromatic nitrogens is 4. The number of aromatic amines is 1. The minimum Gasteiger partial charge on any atom is -0.348 e. The minimum atomic E-state index is 0.386. The highest BCUT2D eigenvalue weighted by Gasteiger charge is 2.56. The number of rotatable bonds is 3. The molecular weight excluding hydrogens is 212 g/mol. The van der Waals surface area contributed by atoms with Crippen LogP contribution in [0.1, 0.15) is 31.4 Å². The first-order valence-electron chi connectivity index (χ1n) is 6.35. The summed E-state index contributed by atoms with van der Waals surface area (Å²) < 4.78 is 2.38. The molecular formula is C13H16N4. The number of nitrogens with one attached hydrogen (secondary N) is 1. The third-order valence-corrected chi connectivity index (χ3v) is 4.26. The Bertz CT molecular complexity index is 557. The van der Waals surface area contributed by atoms with Gasteiger partial charge in [0.1, 0.15) is 5.69 Å². The highest BCUT2D eigenvalue weighted by atomic mass is 15.2. The SMILES string of the molecule is Cc1[nH]cnc1-c1nccn1C1(C2CC2)CC1. The van der Waals surface area contributed by atoms with E-state index in [4.69, 9.17) is 0 Å². The van der Waals surface area contributed by atoms with E-state index in [-0.39, 0.29) is 0 Å². The first kappa shape index (κ1) is 9.45. The van der Waals surface area contributed by atoms with Gasteiger partial charge in [0.2, 0.25) is 0 Å². The third-order valence-electron chi connectivity index (χ3n) is 4.26. The Morgan fingerprint density at radius 1 is 1.35 bits per heavy atom. The van der Waals surface area contributed by atoms with Crippen molar-refractivity contribution < 1.29 is 0 Å². The predicted molar refractivity (Wildman–Crippen MR) is 64.5 cm³/mol. The van der Waals surface area contributed by atoms with E-state index >= 15 is 0 Å². The van der Waals surface area contributed by atoms with E-state index in [1.54, 1.807) is 6.33 Å². The van der Waals surface area contributed by atoms with Crippen LogP contribution in [0.2, 0.25) is 0 Å². The Kier molecular flexibility index (Phi) is 1.67. The largest absolute Gasteiger partial charge is 0.348 e. The second-order valence-corrected chi connectivity index (χ2v) is 5.37. The van der Waals surface area contributed by atoms with Crippen LogP contribution in [0.3, 0.4) is 0 Å². The van der Waals surface area contributed by atoms with Gasteiger partial charge in [-0.05, 0) is 38.5 Å². The Morgan fingerprint density at radius 3 is 2.76 bits per heavy atom. The topological polar surface area (TPSA) is 46.5 Å². The zero-order valence-electron chi connectivity index (χ0n) is 9.98. The molecule has 2 aliphatic rings. The van der Waals surface area contributed by atoms with Gasteiger partial charge in [0.25, 0.3) is 0 Å². The Hall–Kier alpha value is -1.58. The second kappa shape index (κ2) is 3.00. The van der Waals surface area contributed by atoms with Gasteiger partial charge in [-0.2, -0.15) is 0 Å². The molecule has 1 N–H and O–H groups in total. The molecule has 0 aliphatic heterocycles. The summed E-state index contributed by atoms with van der Waals surface area (Å²) in [5.41, 5.74) is 2.49. The van der Waals surface area contributed by atoms with Gasteiger partial charge in [-0.15, -0.1) is 0 Å². The lowest BCUT2D eigenvalue weighted by molar-refractivity contribution is 0.425. The number of hydrogen-bond donors (Lipinski definition) is 1. The summed E-state index contributed by atoms with van der Waals surface area (Å²) in [7, 11) is 0. The molecule has 0 spiro atoms. The molecule has 88 valence electrons. The van der Waals surface area contributed by atoms with Crippen LogP contribution in [-0.2, 0) is 5.54 Å². The van der Waals surface area contributed by atoms with Crippen LogP contribution in [-0.4, -0.2) is 19.5 Å². The molecule has 0 amide bonds. The maximum atomic E-state index is 4.52. The van der Waals surface area contributed by atoms with Gasteiger partial charge >= 0.3 is 0 Å². The van der Waals surface area contributed by atoms with E-state index in [1.807, 2.05) is 6.20 Å². The standard InChI is InChI=1S/C13H16N4/c1-9-11(16-8-15-9)12-14-6-7-17(12)13(4-5-13)10-2-3-10/h6-8,10H,2-5H2,1H3,(H,15,16). The summed E-state index contributed by atoms with van der Waals surface area (Å²) in [6.45, 7) is 2.05. The van der Waals surface area contributed by atoms with Crippen molar-refractivity contribution in [2.45, 2.75) is 38.1 Å². The van der Waals surface area contributed by atoms with E-state index in [9.17, 15) is 0 Å². The highest BCUT2D eigenvalue weighted by molar-refractivity contribution is 5.53. The summed E-state index contributed by atoms with van der Waals surface area (Å²) in [4.78, 5) is 12.1. The fourth-order valence-electron chi connectivity index (χ4n) is 3.02. The lowest BCUT2D eigenvalue weighted by Gasteiger charge is -2.18. The van der Waals surface area contributed by atoms with Crippen LogP contribution in [0.4, 0.5) is 0 Å². The van der Waals surface area contributed by atoms with Gasteiger partial charge in [-0.3, -0.25) is 0 Å². The van der Waals surface area contributed by atoms with E-state index < -0.39 is 0 Å². The summed E-state index contributed by atoms with van der Waals surface area (Å²) in [6, 6.07) is 0. The molecule has 4 rings (SSSR count). The fourth-order valence-corrected chi connectivity index (χ4v) is 3.02. The number of aryl methyl sites for hydroxylation is 1. The van der Waals surface area contributed by atoms with Gasteiger partial charge in [0, 0.05) is 23.6 Å². The Labute approximate surface area is 100 Å². The fraction of sp³-hybridized carbons (Fsp3) is 0.538. The summed E-state index contributed by atoms with van der Waals surface area (Å²) >= 11 is 0. The summed E-state index contributed by atoms with van der Waals surface area (Å²) in [6.07, 6.45) is 11.2. The third kappa shape index (κ3) is 1.24. The molecule has 2 aromatic rings. The molecule has 0 aromatic carbocycles. The molecule has 2 aliphatic carbocycles. The molecule has 2 fully saturated rings. The number of hydrogen-bond acceptors (Lipinski definition) is 2. The van der Waals surface area contributed by atoms with Crippen LogP contribution in [0.5, 0.6) is 0 Å². The molecule has 2 heterocycles. The van der Waals surface area contributed by atoms with Gasteiger partial charge < -0.3 is 9.55 Å². The van der Waals surface area contributed by atoms with Gasteiger partial charge in [0.15, 0.2) is 5.82 Å². The summed E-state index contributed by atoms with van der Waals surface area (Å²) in [5.74, 6) is 1.92. The Morgan fingerprint density at radius 2 is 2.18 bits per heavy atom. The quantitative estimate of drug-likeness (QED) is 0.877. The first-order chi connectivity index (χ1) is 8.31. The molecule has 0 saturated heterocycles. The van der Waals surface area contributed by atoms with Crippen molar-refractivity contribution in [2.75, 3.05) is 0 Å². The first-order valence-corrected chi connectivity index (χ1v) is 6.35.